The zero-order chi connectivity index (χ0) is 31.8. The van der Waals surface area contributed by atoms with Crippen LogP contribution in [0.5, 0.6) is 0 Å². The van der Waals surface area contributed by atoms with Crippen molar-refractivity contribution >= 4 is 40.0 Å². The van der Waals surface area contributed by atoms with E-state index in [9.17, 15) is 0 Å². The zero-order valence-electron chi connectivity index (χ0n) is 30.3. The molecule has 0 atom stereocenters. The van der Waals surface area contributed by atoms with Gasteiger partial charge in [0.1, 0.15) is 0 Å². The quantitative estimate of drug-likeness (QED) is 0.101. The molecular weight excluding hydrogens is 771 g/mol. The number of hydrogen-bond acceptors (Lipinski definition) is 0. The van der Waals surface area contributed by atoms with Crippen molar-refractivity contribution in [1.29, 1.82) is 0 Å². The average Bonchev–Trinajstić information content (AvgIpc) is 3.73. The average molecular weight is 821 g/mol. The predicted octanol–water partition coefficient (Wildman–Crippen LogP) is 12.3. The van der Waals surface area contributed by atoms with Gasteiger partial charge in [-0.25, -0.2) is 0 Å². The fourth-order valence-corrected chi connectivity index (χ4v) is 10.8. The molecule has 0 aliphatic rings. The van der Waals surface area contributed by atoms with Crippen molar-refractivity contribution in [3.05, 3.63) is 171 Å². The fraction of sp³-hybridized carbons (Fsp3) is 0.191. The first kappa shape index (κ1) is 38.2. The minimum Gasteiger partial charge on any atom is -0.358 e. The van der Waals surface area contributed by atoms with Gasteiger partial charge in [0.05, 0.1) is 8.07 Å². The molecule has 0 bridgehead atoms. The molecule has 2 heteroatoms. The van der Waals surface area contributed by atoms with E-state index in [-0.39, 0.29) is 40.7 Å². The topological polar surface area (TPSA) is 0 Å². The van der Waals surface area contributed by atoms with Crippen molar-refractivity contribution in [2.45, 2.75) is 58.5 Å². The second kappa shape index (κ2) is 16.0. The number of fused-ring (bicyclic) bond motifs is 2. The Labute approximate surface area is 315 Å². The van der Waals surface area contributed by atoms with E-state index in [2.05, 4.69) is 174 Å². The normalized spacial score (nSPS) is 11.4. The SMILES string of the molecule is CC(C)c1cccc(-c2cccc3[cH-]c([Si](C)(CCc4ccccc4)c4cc5c(-c6cccc(C(C)C)c6)cccc5[cH-]4)cc23)c1.[CH3-].[CH3-].[Hf+4]. The molecule has 0 radical (unpaired) electrons. The van der Waals surface area contributed by atoms with Crippen LogP contribution in [0.1, 0.15) is 56.2 Å². The maximum Gasteiger partial charge on any atom is 4.00 e. The Balaban J connectivity index is 0.00000180. The Morgan fingerprint density at radius 3 is 1.43 bits per heavy atom. The van der Waals surface area contributed by atoms with Crippen LogP contribution in [0, 0.1) is 14.9 Å². The van der Waals surface area contributed by atoms with Crippen molar-refractivity contribution in [3.8, 4) is 22.3 Å². The van der Waals surface area contributed by atoms with E-state index in [0.717, 1.165) is 6.42 Å². The molecule has 0 saturated heterocycles. The van der Waals surface area contributed by atoms with Crippen LogP contribution in [0.3, 0.4) is 0 Å². The first-order chi connectivity index (χ1) is 22.3. The van der Waals surface area contributed by atoms with Gasteiger partial charge in [-0.1, -0.05) is 136 Å². The second-order valence-electron chi connectivity index (χ2n) is 14.0. The number of benzene rings is 5. The third-order valence-corrected chi connectivity index (χ3v) is 14.6. The zero-order valence-corrected chi connectivity index (χ0v) is 34.9. The number of rotatable bonds is 9. The van der Waals surface area contributed by atoms with E-state index in [4.69, 9.17) is 0 Å². The monoisotopic (exact) mass is 822 g/mol. The van der Waals surface area contributed by atoms with Crippen LogP contribution in [0.25, 0.3) is 43.8 Å². The first-order valence-electron chi connectivity index (χ1n) is 16.9. The Morgan fingerprint density at radius 1 is 0.531 bits per heavy atom. The molecule has 0 heterocycles. The van der Waals surface area contributed by atoms with Gasteiger partial charge in [0.2, 0.25) is 0 Å². The maximum atomic E-state index is 2.61. The summed E-state index contributed by atoms with van der Waals surface area (Å²) in [5.74, 6) is 1.01. The molecule has 7 aromatic carbocycles. The predicted molar refractivity (Wildman–Crippen MR) is 217 cm³/mol. The molecule has 0 aromatic heterocycles. The van der Waals surface area contributed by atoms with Crippen molar-refractivity contribution in [3.63, 3.8) is 0 Å². The summed E-state index contributed by atoms with van der Waals surface area (Å²) in [6, 6.07) is 54.3. The van der Waals surface area contributed by atoms with E-state index >= 15 is 0 Å². The molecule has 0 unspecified atom stereocenters. The minimum absolute atomic E-state index is 0. The van der Waals surface area contributed by atoms with Crippen molar-refractivity contribution in [1.82, 2.24) is 0 Å². The van der Waals surface area contributed by atoms with Gasteiger partial charge >= 0.3 is 25.8 Å². The van der Waals surface area contributed by atoms with E-state index in [1.54, 1.807) is 0 Å². The summed E-state index contributed by atoms with van der Waals surface area (Å²) >= 11 is 0. The van der Waals surface area contributed by atoms with Gasteiger partial charge in [0, 0.05) is 0 Å². The van der Waals surface area contributed by atoms with Gasteiger partial charge in [0.25, 0.3) is 0 Å². The summed E-state index contributed by atoms with van der Waals surface area (Å²) in [5.41, 5.74) is 9.51. The molecule has 0 aliphatic carbocycles. The smallest absolute Gasteiger partial charge is 0.358 e. The maximum absolute atomic E-state index is 2.61. The van der Waals surface area contributed by atoms with E-state index < -0.39 is 8.07 Å². The summed E-state index contributed by atoms with van der Waals surface area (Å²) < 4.78 is 0. The molecule has 0 aliphatic heterocycles. The Hall–Kier alpha value is -3.59. The van der Waals surface area contributed by atoms with Gasteiger partial charge in [-0.15, -0.1) is 68.3 Å². The van der Waals surface area contributed by atoms with Crippen molar-refractivity contribution in [2.75, 3.05) is 0 Å². The second-order valence-corrected chi connectivity index (χ2v) is 18.3. The molecule has 0 saturated carbocycles. The van der Waals surface area contributed by atoms with Crippen LogP contribution in [0.15, 0.2) is 140 Å². The Bertz CT molecular complexity index is 2000. The number of aryl methyl sites for hydroxylation is 1. The van der Waals surface area contributed by atoms with Crippen LogP contribution >= 0.6 is 0 Å². The largest absolute Gasteiger partial charge is 4.00 e. The minimum atomic E-state index is -2.16. The van der Waals surface area contributed by atoms with Crippen LogP contribution in [0.2, 0.25) is 12.6 Å². The summed E-state index contributed by atoms with van der Waals surface area (Å²) in [7, 11) is -2.16. The van der Waals surface area contributed by atoms with Crippen molar-refractivity contribution < 1.29 is 25.8 Å². The summed E-state index contributed by atoms with van der Waals surface area (Å²) in [4.78, 5) is 0. The van der Waals surface area contributed by atoms with Crippen LogP contribution in [0.4, 0.5) is 0 Å². The third kappa shape index (κ3) is 7.61. The Morgan fingerprint density at radius 2 is 0.980 bits per heavy atom. The van der Waals surface area contributed by atoms with E-state index in [1.807, 2.05) is 0 Å². The molecule has 7 rings (SSSR count). The van der Waals surface area contributed by atoms with Gasteiger partial charge in [0.15, 0.2) is 0 Å². The van der Waals surface area contributed by atoms with Crippen molar-refractivity contribution in [2.24, 2.45) is 0 Å². The third-order valence-electron chi connectivity index (χ3n) is 10.3. The molecular formula is C47H50HfSi. The molecule has 49 heavy (non-hydrogen) atoms. The van der Waals surface area contributed by atoms with E-state index in [0.29, 0.717) is 11.8 Å². The molecule has 0 spiro atoms. The molecule has 246 valence electrons. The molecule has 0 amide bonds. The standard InChI is InChI=1S/C45H44Si.2CH3.Hf/c1-31(2)34-15-9-17-36(25-34)42-21-11-19-38-27-40(29-44(38)42)46(5,24-23-33-13-7-6-8-14-33)41-28-39-20-12-22-43(45(39)30-41)37-18-10-16-35(26-37)32(3)4;;;/h6-22,25-32H,23-24H2,1-5H3;2*1H3;/q-2;2*-1;+4. The summed E-state index contributed by atoms with van der Waals surface area (Å²) in [6.07, 6.45) is 1.08. The number of hydrogen-bond donors (Lipinski definition) is 0. The Kier molecular flexibility index (Phi) is 12.4. The van der Waals surface area contributed by atoms with Gasteiger partial charge in [-0.05, 0) is 52.1 Å². The summed E-state index contributed by atoms with van der Waals surface area (Å²) in [6.45, 7) is 11.7. The van der Waals surface area contributed by atoms with Crippen LogP contribution in [-0.2, 0) is 32.3 Å². The van der Waals surface area contributed by atoms with Gasteiger partial charge < -0.3 is 14.9 Å². The van der Waals surface area contributed by atoms with Crippen LogP contribution in [-0.4, -0.2) is 8.07 Å². The summed E-state index contributed by atoms with van der Waals surface area (Å²) in [5, 5.41) is 8.51. The van der Waals surface area contributed by atoms with Gasteiger partial charge in [-0.3, -0.25) is 0 Å². The van der Waals surface area contributed by atoms with E-state index in [1.165, 1.54) is 76.9 Å². The fourth-order valence-electron chi connectivity index (χ4n) is 7.24. The molecule has 0 fully saturated rings. The molecule has 0 N–H and O–H groups in total. The van der Waals surface area contributed by atoms with Gasteiger partial charge in [-0.2, -0.15) is 12.1 Å². The van der Waals surface area contributed by atoms with Crippen LogP contribution < -0.4 is 10.4 Å². The molecule has 0 nitrogen and oxygen atoms in total. The first-order valence-corrected chi connectivity index (χ1v) is 19.7. The molecule has 7 aromatic rings.